The van der Waals surface area contributed by atoms with Crippen molar-refractivity contribution >= 4 is 10.0 Å². The lowest BCUT2D eigenvalue weighted by Crippen LogP contribution is -2.45. The highest BCUT2D eigenvalue weighted by atomic mass is 32.2. The first kappa shape index (κ1) is 19.0. The van der Waals surface area contributed by atoms with Crippen LogP contribution in [0, 0.1) is 5.82 Å². The molecular weight excluding hydrogens is 353 g/mol. The number of benzene rings is 1. The number of nitrogens with one attached hydrogen (secondary N) is 2. The Morgan fingerprint density at radius 2 is 1.73 bits per heavy atom. The van der Waals surface area contributed by atoms with Crippen LogP contribution in [-0.4, -0.2) is 29.4 Å². The Balaban J connectivity index is 1.61. The number of aromatic amines is 1. The molecule has 0 bridgehead atoms. The van der Waals surface area contributed by atoms with Crippen molar-refractivity contribution < 1.29 is 12.8 Å². The molecule has 5 nitrogen and oxygen atoms in total. The molecule has 0 spiro atoms. The summed E-state index contributed by atoms with van der Waals surface area (Å²) in [6, 6.07) is 8.29. The zero-order valence-electron chi connectivity index (χ0n) is 15.4. The van der Waals surface area contributed by atoms with Crippen LogP contribution in [0.25, 0.3) is 11.3 Å². The number of aromatic nitrogens is 2. The molecule has 1 aliphatic carbocycles. The van der Waals surface area contributed by atoms with Gasteiger partial charge in [0.15, 0.2) is 0 Å². The zero-order chi connectivity index (χ0) is 18.9. The van der Waals surface area contributed by atoms with E-state index >= 15 is 0 Å². The first-order chi connectivity index (χ1) is 12.2. The fourth-order valence-electron chi connectivity index (χ4n) is 3.23. The number of nitrogens with zero attached hydrogens (tertiary/aromatic N) is 1. The van der Waals surface area contributed by atoms with Crippen LogP contribution in [-0.2, 0) is 10.0 Å². The maximum absolute atomic E-state index is 13.0. The van der Waals surface area contributed by atoms with E-state index < -0.39 is 14.8 Å². The predicted molar refractivity (Wildman–Crippen MR) is 101 cm³/mol. The fourth-order valence-corrected chi connectivity index (χ4v) is 4.26. The highest BCUT2D eigenvalue weighted by Crippen LogP contribution is 2.34. The van der Waals surface area contributed by atoms with Crippen molar-refractivity contribution in [1.29, 1.82) is 0 Å². The molecule has 0 amide bonds. The summed E-state index contributed by atoms with van der Waals surface area (Å²) in [5, 5.41) is 7.44. The van der Waals surface area contributed by atoms with Crippen molar-refractivity contribution in [3.63, 3.8) is 0 Å². The van der Waals surface area contributed by atoms with Crippen molar-refractivity contribution in [1.82, 2.24) is 14.9 Å². The Kier molecular flexibility index (Phi) is 5.21. The zero-order valence-corrected chi connectivity index (χ0v) is 16.2. The molecule has 142 valence electrons. The van der Waals surface area contributed by atoms with E-state index in [0.29, 0.717) is 5.92 Å². The molecule has 1 aromatic heterocycles. The van der Waals surface area contributed by atoms with Gasteiger partial charge in [-0.3, -0.25) is 5.10 Å². The smallest absolute Gasteiger partial charge is 0.216 e. The van der Waals surface area contributed by atoms with Gasteiger partial charge in [0.25, 0.3) is 0 Å². The molecule has 1 aromatic carbocycles. The summed E-state index contributed by atoms with van der Waals surface area (Å²) in [7, 11) is -3.32. The summed E-state index contributed by atoms with van der Waals surface area (Å²) >= 11 is 0. The lowest BCUT2D eigenvalue weighted by Gasteiger charge is -2.30. The van der Waals surface area contributed by atoms with E-state index in [9.17, 15) is 12.8 Å². The van der Waals surface area contributed by atoms with Crippen molar-refractivity contribution in [2.45, 2.75) is 63.2 Å². The minimum absolute atomic E-state index is 0.00466. The monoisotopic (exact) mass is 379 g/mol. The van der Waals surface area contributed by atoms with E-state index in [0.717, 1.165) is 42.6 Å². The van der Waals surface area contributed by atoms with E-state index in [-0.39, 0.29) is 11.9 Å². The van der Waals surface area contributed by atoms with Gasteiger partial charge in [0.05, 0.1) is 10.4 Å². The fraction of sp³-hybridized carbons (Fsp3) is 0.526. The molecule has 1 heterocycles. The molecule has 2 aromatic rings. The average Bonchev–Trinajstić information content (AvgIpc) is 3.05. The lowest BCUT2D eigenvalue weighted by molar-refractivity contribution is 0.367. The van der Waals surface area contributed by atoms with E-state index in [1.165, 1.54) is 12.1 Å². The van der Waals surface area contributed by atoms with Gasteiger partial charge in [-0.1, -0.05) is 0 Å². The number of hydrogen-bond donors (Lipinski definition) is 2. The van der Waals surface area contributed by atoms with Crippen LogP contribution in [0.2, 0.25) is 0 Å². The first-order valence-electron chi connectivity index (χ1n) is 8.99. The topological polar surface area (TPSA) is 74.8 Å². The second-order valence-electron chi connectivity index (χ2n) is 8.00. The highest BCUT2D eigenvalue weighted by molar-refractivity contribution is 7.90. The van der Waals surface area contributed by atoms with Gasteiger partial charge >= 0.3 is 0 Å². The molecule has 3 rings (SSSR count). The molecule has 0 aliphatic heterocycles. The van der Waals surface area contributed by atoms with Crippen molar-refractivity contribution in [3.05, 3.63) is 41.8 Å². The number of sulfonamides is 1. The van der Waals surface area contributed by atoms with Crippen LogP contribution >= 0.6 is 0 Å². The van der Waals surface area contributed by atoms with E-state index in [1.54, 1.807) is 32.9 Å². The Morgan fingerprint density at radius 1 is 1.12 bits per heavy atom. The Labute approximate surface area is 154 Å². The van der Waals surface area contributed by atoms with Gasteiger partial charge in [-0.2, -0.15) is 5.10 Å². The molecule has 1 saturated carbocycles. The van der Waals surface area contributed by atoms with Crippen molar-refractivity contribution in [2.75, 3.05) is 0 Å². The average molecular weight is 380 g/mol. The van der Waals surface area contributed by atoms with E-state index in [1.807, 2.05) is 6.07 Å². The standard InChI is InChI=1S/C19H26FN3O2S/c1-19(2,3)26(24,25)23-16-10-6-14(7-11-16)18-12-17(21-22-18)13-4-8-15(20)9-5-13/h4-5,8-9,12,14,16,23H,6-7,10-11H2,1-3H3,(H,21,22). The maximum atomic E-state index is 13.0. The molecule has 0 unspecified atom stereocenters. The summed E-state index contributed by atoms with van der Waals surface area (Å²) < 4.78 is 39.7. The highest BCUT2D eigenvalue weighted by Gasteiger charge is 2.33. The molecular formula is C19H26FN3O2S. The number of H-pyrrole nitrogens is 1. The van der Waals surface area contributed by atoms with Crippen LogP contribution in [0.4, 0.5) is 4.39 Å². The van der Waals surface area contributed by atoms with Crippen LogP contribution in [0.15, 0.2) is 30.3 Å². The molecule has 2 N–H and O–H groups in total. The van der Waals surface area contributed by atoms with Crippen LogP contribution in [0.5, 0.6) is 0 Å². The van der Waals surface area contributed by atoms with Gasteiger partial charge in [-0.25, -0.2) is 17.5 Å². The van der Waals surface area contributed by atoms with Gasteiger partial charge in [0.1, 0.15) is 5.82 Å². The van der Waals surface area contributed by atoms with Gasteiger partial charge in [0.2, 0.25) is 10.0 Å². The third-order valence-electron chi connectivity index (χ3n) is 5.03. The SMILES string of the molecule is CC(C)(C)S(=O)(=O)NC1CCC(c2cc(-c3ccc(F)cc3)n[nH]2)CC1. The summed E-state index contributed by atoms with van der Waals surface area (Å²) in [5.74, 6) is 0.0765. The van der Waals surface area contributed by atoms with Crippen LogP contribution < -0.4 is 4.72 Å². The number of halogens is 1. The summed E-state index contributed by atoms with van der Waals surface area (Å²) in [6.07, 6.45) is 3.43. The second kappa shape index (κ2) is 7.12. The van der Waals surface area contributed by atoms with Gasteiger partial charge in [-0.05, 0) is 76.8 Å². The molecule has 7 heteroatoms. The summed E-state index contributed by atoms with van der Waals surface area (Å²) in [6.45, 7) is 5.13. The van der Waals surface area contributed by atoms with Gasteiger partial charge in [0, 0.05) is 23.2 Å². The lowest BCUT2D eigenvalue weighted by atomic mass is 9.84. The molecule has 0 atom stereocenters. The predicted octanol–water partition coefficient (Wildman–Crippen LogP) is 3.96. The molecule has 0 saturated heterocycles. The maximum Gasteiger partial charge on any atom is 0.216 e. The summed E-state index contributed by atoms with van der Waals surface area (Å²) in [5.41, 5.74) is 2.73. The quantitative estimate of drug-likeness (QED) is 0.844. The van der Waals surface area contributed by atoms with Gasteiger partial charge in [-0.15, -0.1) is 0 Å². The minimum atomic E-state index is -3.32. The Bertz CT molecular complexity index is 846. The van der Waals surface area contributed by atoms with E-state index in [4.69, 9.17) is 0 Å². The third-order valence-corrected chi connectivity index (χ3v) is 7.29. The minimum Gasteiger partial charge on any atom is -0.282 e. The molecule has 1 fully saturated rings. The number of hydrogen-bond acceptors (Lipinski definition) is 3. The molecule has 26 heavy (non-hydrogen) atoms. The van der Waals surface area contributed by atoms with Crippen molar-refractivity contribution in [3.8, 4) is 11.3 Å². The van der Waals surface area contributed by atoms with E-state index in [2.05, 4.69) is 14.9 Å². The second-order valence-corrected chi connectivity index (χ2v) is 10.5. The largest absolute Gasteiger partial charge is 0.282 e. The first-order valence-corrected chi connectivity index (χ1v) is 10.5. The summed E-state index contributed by atoms with van der Waals surface area (Å²) in [4.78, 5) is 0. The van der Waals surface area contributed by atoms with Crippen LogP contribution in [0.3, 0.4) is 0 Å². The third kappa shape index (κ3) is 4.15. The molecule has 0 radical (unpaired) electrons. The Morgan fingerprint density at radius 3 is 2.31 bits per heavy atom. The normalized spacial score (nSPS) is 21.7. The number of rotatable bonds is 4. The van der Waals surface area contributed by atoms with Crippen LogP contribution in [0.1, 0.15) is 58.1 Å². The van der Waals surface area contributed by atoms with Crippen molar-refractivity contribution in [2.24, 2.45) is 0 Å². The Hall–Kier alpha value is -1.73. The van der Waals surface area contributed by atoms with Gasteiger partial charge < -0.3 is 0 Å². The molecule has 1 aliphatic rings.